The molecule has 1 aromatic rings. The van der Waals surface area contributed by atoms with Gasteiger partial charge >= 0.3 is 0 Å². The Labute approximate surface area is 66.2 Å². The summed E-state index contributed by atoms with van der Waals surface area (Å²) >= 11 is 0. The first-order valence-corrected chi connectivity index (χ1v) is 3.32. The van der Waals surface area contributed by atoms with Gasteiger partial charge in [0.2, 0.25) is 0 Å². The van der Waals surface area contributed by atoms with Gasteiger partial charge in [-0.15, -0.1) is 6.42 Å². The van der Waals surface area contributed by atoms with Gasteiger partial charge in [-0.3, -0.25) is 4.98 Å². The fraction of sp³-hybridized carbons (Fsp3) is 0.222. The maximum Gasteiger partial charge on any atom is 0.148 e. The molecule has 0 aromatic carbocycles. The van der Waals surface area contributed by atoms with Crippen LogP contribution < -0.4 is 4.74 Å². The molecular weight excluding hydrogens is 138 g/mol. The second-order valence-corrected chi connectivity index (χ2v) is 2.13. The standard InChI is InChI=1S/C9H9NO/c1-3-6-11-9-5-4-8(2)10-7-9/h1,4-5,7H,6H2,2H3. The molecule has 0 fully saturated rings. The maximum absolute atomic E-state index is 5.11. The van der Waals surface area contributed by atoms with Crippen LogP contribution in [0.1, 0.15) is 5.69 Å². The third kappa shape index (κ3) is 2.30. The molecule has 56 valence electrons. The van der Waals surface area contributed by atoms with Gasteiger partial charge in [-0.1, -0.05) is 5.92 Å². The molecule has 0 amide bonds. The van der Waals surface area contributed by atoms with Gasteiger partial charge in [0, 0.05) is 5.69 Å². The lowest BCUT2D eigenvalue weighted by Gasteiger charge is -1.99. The van der Waals surface area contributed by atoms with E-state index in [4.69, 9.17) is 11.2 Å². The van der Waals surface area contributed by atoms with Crippen molar-refractivity contribution < 1.29 is 4.74 Å². The third-order valence-corrected chi connectivity index (χ3v) is 1.21. The number of hydrogen-bond acceptors (Lipinski definition) is 2. The van der Waals surface area contributed by atoms with Crippen LogP contribution in [0, 0.1) is 19.3 Å². The van der Waals surface area contributed by atoms with Gasteiger partial charge in [-0.25, -0.2) is 0 Å². The van der Waals surface area contributed by atoms with E-state index in [0.29, 0.717) is 12.4 Å². The maximum atomic E-state index is 5.11. The minimum absolute atomic E-state index is 0.296. The lowest BCUT2D eigenvalue weighted by Crippen LogP contribution is -1.93. The van der Waals surface area contributed by atoms with Crippen LogP contribution in [0.4, 0.5) is 0 Å². The molecule has 11 heavy (non-hydrogen) atoms. The fourth-order valence-corrected chi connectivity index (χ4v) is 0.665. The zero-order chi connectivity index (χ0) is 8.10. The second-order valence-electron chi connectivity index (χ2n) is 2.13. The average molecular weight is 147 g/mol. The summed E-state index contributed by atoms with van der Waals surface area (Å²) in [6.45, 7) is 2.22. The summed E-state index contributed by atoms with van der Waals surface area (Å²) in [6, 6.07) is 3.73. The Balaban J connectivity index is 2.60. The number of rotatable bonds is 2. The van der Waals surface area contributed by atoms with E-state index >= 15 is 0 Å². The van der Waals surface area contributed by atoms with E-state index in [9.17, 15) is 0 Å². The topological polar surface area (TPSA) is 22.1 Å². The number of aromatic nitrogens is 1. The molecule has 1 rings (SSSR count). The van der Waals surface area contributed by atoms with Gasteiger partial charge in [-0.2, -0.15) is 0 Å². The highest BCUT2D eigenvalue weighted by molar-refractivity contribution is 5.19. The van der Waals surface area contributed by atoms with Crippen molar-refractivity contribution in [2.45, 2.75) is 6.92 Å². The molecule has 2 nitrogen and oxygen atoms in total. The van der Waals surface area contributed by atoms with Crippen molar-refractivity contribution in [1.82, 2.24) is 4.98 Å². The SMILES string of the molecule is C#CCOc1ccc(C)nc1. The van der Waals surface area contributed by atoms with E-state index < -0.39 is 0 Å². The van der Waals surface area contributed by atoms with Gasteiger partial charge in [0.25, 0.3) is 0 Å². The molecule has 0 aliphatic rings. The van der Waals surface area contributed by atoms with Crippen LogP contribution in [-0.2, 0) is 0 Å². The second kappa shape index (κ2) is 3.62. The number of ether oxygens (including phenoxy) is 1. The highest BCUT2D eigenvalue weighted by Gasteiger charge is 1.90. The zero-order valence-corrected chi connectivity index (χ0v) is 6.37. The Morgan fingerprint density at radius 2 is 2.45 bits per heavy atom. The highest BCUT2D eigenvalue weighted by atomic mass is 16.5. The first kappa shape index (κ1) is 7.62. The van der Waals surface area contributed by atoms with Crippen LogP contribution in [0.2, 0.25) is 0 Å². The largest absolute Gasteiger partial charge is 0.479 e. The molecular formula is C9H9NO. The van der Waals surface area contributed by atoms with Crippen molar-refractivity contribution in [2.24, 2.45) is 0 Å². The van der Waals surface area contributed by atoms with Crippen molar-refractivity contribution >= 4 is 0 Å². The smallest absolute Gasteiger partial charge is 0.148 e. The Bertz CT molecular complexity index is 258. The molecule has 0 saturated carbocycles. The number of pyridine rings is 1. The monoisotopic (exact) mass is 147 g/mol. The van der Waals surface area contributed by atoms with Crippen LogP contribution in [0.3, 0.4) is 0 Å². The Hall–Kier alpha value is -1.49. The van der Waals surface area contributed by atoms with Gasteiger partial charge < -0.3 is 4.74 Å². The molecule has 0 spiro atoms. The third-order valence-electron chi connectivity index (χ3n) is 1.21. The summed E-state index contributed by atoms with van der Waals surface area (Å²) in [6.07, 6.45) is 6.67. The molecule has 1 heterocycles. The Kier molecular flexibility index (Phi) is 2.51. The van der Waals surface area contributed by atoms with Crippen LogP contribution in [0.25, 0.3) is 0 Å². The molecule has 0 atom stereocenters. The average Bonchev–Trinajstić information content (AvgIpc) is 2.04. The number of aryl methyl sites for hydroxylation is 1. The number of terminal acetylenes is 1. The quantitative estimate of drug-likeness (QED) is 0.590. The highest BCUT2D eigenvalue weighted by Crippen LogP contribution is 2.07. The molecule has 0 radical (unpaired) electrons. The van der Waals surface area contributed by atoms with E-state index in [1.807, 2.05) is 19.1 Å². The van der Waals surface area contributed by atoms with E-state index in [2.05, 4.69) is 10.9 Å². The van der Waals surface area contributed by atoms with Gasteiger partial charge in [0.05, 0.1) is 6.20 Å². The molecule has 0 saturated heterocycles. The summed E-state index contributed by atoms with van der Waals surface area (Å²) in [4.78, 5) is 4.04. The minimum Gasteiger partial charge on any atom is -0.479 e. The van der Waals surface area contributed by atoms with Crippen LogP contribution >= 0.6 is 0 Å². The van der Waals surface area contributed by atoms with Gasteiger partial charge in [0.1, 0.15) is 12.4 Å². The predicted octanol–water partition coefficient (Wildman–Crippen LogP) is 1.40. The first-order chi connectivity index (χ1) is 5.33. The molecule has 0 bridgehead atoms. The Morgan fingerprint density at radius 1 is 1.64 bits per heavy atom. The fourth-order valence-electron chi connectivity index (χ4n) is 0.665. The van der Waals surface area contributed by atoms with Crippen LogP contribution in [0.5, 0.6) is 5.75 Å². The van der Waals surface area contributed by atoms with Crippen LogP contribution in [0.15, 0.2) is 18.3 Å². The molecule has 0 aliphatic heterocycles. The molecule has 1 aromatic heterocycles. The number of hydrogen-bond donors (Lipinski definition) is 0. The summed E-state index contributed by atoms with van der Waals surface area (Å²) in [5.41, 5.74) is 0.970. The van der Waals surface area contributed by atoms with Crippen LogP contribution in [-0.4, -0.2) is 11.6 Å². The van der Waals surface area contributed by atoms with Gasteiger partial charge in [0.15, 0.2) is 0 Å². The molecule has 0 aliphatic carbocycles. The summed E-state index contributed by atoms with van der Waals surface area (Å²) < 4.78 is 5.11. The molecule has 0 N–H and O–H groups in total. The van der Waals surface area contributed by atoms with Crippen molar-refractivity contribution in [3.05, 3.63) is 24.0 Å². The summed E-state index contributed by atoms with van der Waals surface area (Å²) in [5, 5.41) is 0. The van der Waals surface area contributed by atoms with Crippen molar-refractivity contribution in [3.63, 3.8) is 0 Å². The lowest BCUT2D eigenvalue weighted by molar-refractivity contribution is 0.368. The number of nitrogens with zero attached hydrogens (tertiary/aromatic N) is 1. The summed E-state index contributed by atoms with van der Waals surface area (Å²) in [7, 11) is 0. The van der Waals surface area contributed by atoms with E-state index in [1.165, 1.54) is 0 Å². The minimum atomic E-state index is 0.296. The molecule has 0 unspecified atom stereocenters. The Morgan fingerprint density at radius 3 is 3.00 bits per heavy atom. The van der Waals surface area contributed by atoms with E-state index in [-0.39, 0.29) is 0 Å². The first-order valence-electron chi connectivity index (χ1n) is 3.32. The zero-order valence-electron chi connectivity index (χ0n) is 6.37. The molecule has 2 heteroatoms. The van der Waals surface area contributed by atoms with Crippen molar-refractivity contribution in [1.29, 1.82) is 0 Å². The lowest BCUT2D eigenvalue weighted by atomic mass is 10.4. The van der Waals surface area contributed by atoms with Crippen molar-refractivity contribution in [3.8, 4) is 18.1 Å². The van der Waals surface area contributed by atoms with Gasteiger partial charge in [-0.05, 0) is 19.1 Å². The summed E-state index contributed by atoms with van der Waals surface area (Å²) in [5.74, 6) is 3.10. The normalized spacial score (nSPS) is 8.73. The van der Waals surface area contributed by atoms with E-state index in [1.54, 1.807) is 6.20 Å². The predicted molar refractivity (Wildman–Crippen MR) is 43.3 cm³/mol. The van der Waals surface area contributed by atoms with Crippen molar-refractivity contribution in [2.75, 3.05) is 6.61 Å². The van der Waals surface area contributed by atoms with E-state index in [0.717, 1.165) is 5.69 Å².